The van der Waals surface area contributed by atoms with E-state index in [-0.39, 0.29) is 17.5 Å². The molecule has 1 N–H and O–H groups in total. The van der Waals surface area contributed by atoms with Gasteiger partial charge in [-0.3, -0.25) is 9.48 Å². The molecule has 1 fully saturated rings. The summed E-state index contributed by atoms with van der Waals surface area (Å²) in [5, 5.41) is 13.2. The normalized spacial score (nSPS) is 14.9. The van der Waals surface area contributed by atoms with Crippen molar-refractivity contribution >= 4 is 11.9 Å². The molecule has 1 aromatic heterocycles. The summed E-state index contributed by atoms with van der Waals surface area (Å²) in [5.41, 5.74) is 0.718. The molecule has 0 spiro atoms. The first-order chi connectivity index (χ1) is 13.1. The van der Waals surface area contributed by atoms with Crippen LogP contribution in [0.25, 0.3) is 0 Å². The Morgan fingerprint density at radius 2 is 1.96 bits per heavy atom. The van der Waals surface area contributed by atoms with E-state index in [4.69, 9.17) is 14.6 Å². The number of carbonyl (C=O) groups excluding carboxylic acids is 1. The smallest absolute Gasteiger partial charge is 0.338 e. The first-order valence-corrected chi connectivity index (χ1v) is 8.87. The van der Waals surface area contributed by atoms with Gasteiger partial charge in [-0.25, -0.2) is 4.79 Å². The molecule has 0 aliphatic carbocycles. The minimum absolute atomic E-state index is 0.0619. The standard InChI is InChI=1S/C19H23N3O5/c1-26-10-11-27-17-5-3-2-4-16(17)18(23)21-8-6-15(7-9-21)22-13-14(12-20-22)19(24)25/h2-5,12-13,15H,6-11H2,1H3,(H,24,25). The fraction of sp³-hybridized carbons (Fsp3) is 0.421. The van der Waals surface area contributed by atoms with E-state index in [0.717, 1.165) is 12.8 Å². The number of aromatic nitrogens is 2. The number of aromatic carboxylic acids is 1. The molecule has 8 nitrogen and oxygen atoms in total. The average molecular weight is 373 g/mol. The van der Waals surface area contributed by atoms with Gasteiger partial charge in [0.05, 0.1) is 30.0 Å². The summed E-state index contributed by atoms with van der Waals surface area (Å²) >= 11 is 0. The van der Waals surface area contributed by atoms with Gasteiger partial charge in [0, 0.05) is 26.4 Å². The lowest BCUT2D eigenvalue weighted by molar-refractivity contribution is 0.0682. The van der Waals surface area contributed by atoms with Gasteiger partial charge in [-0.15, -0.1) is 0 Å². The average Bonchev–Trinajstić information content (AvgIpc) is 3.19. The molecule has 0 radical (unpaired) electrons. The van der Waals surface area contributed by atoms with E-state index in [2.05, 4.69) is 5.10 Å². The van der Waals surface area contributed by atoms with Crippen LogP contribution in [0.3, 0.4) is 0 Å². The summed E-state index contributed by atoms with van der Waals surface area (Å²) in [6.45, 7) is 2.00. The first kappa shape index (κ1) is 18.9. The van der Waals surface area contributed by atoms with Crippen LogP contribution >= 0.6 is 0 Å². The maximum atomic E-state index is 12.9. The second-order valence-corrected chi connectivity index (χ2v) is 6.37. The fourth-order valence-electron chi connectivity index (χ4n) is 3.16. The molecule has 2 aromatic rings. The predicted molar refractivity (Wildman–Crippen MR) is 97.2 cm³/mol. The van der Waals surface area contributed by atoms with Gasteiger partial charge >= 0.3 is 5.97 Å². The Labute approximate surface area is 157 Å². The minimum Gasteiger partial charge on any atom is -0.490 e. The van der Waals surface area contributed by atoms with E-state index in [1.807, 2.05) is 12.1 Å². The molecule has 1 aliphatic heterocycles. The fourth-order valence-corrected chi connectivity index (χ4v) is 3.16. The Bertz CT molecular complexity index is 796. The number of rotatable bonds is 7. The molecule has 3 rings (SSSR count). The lowest BCUT2D eigenvalue weighted by Gasteiger charge is -2.32. The summed E-state index contributed by atoms with van der Waals surface area (Å²) in [6.07, 6.45) is 4.34. The van der Waals surface area contributed by atoms with Gasteiger partial charge in [-0.05, 0) is 25.0 Å². The van der Waals surface area contributed by atoms with Crippen molar-refractivity contribution in [1.82, 2.24) is 14.7 Å². The van der Waals surface area contributed by atoms with Gasteiger partial charge in [0.25, 0.3) is 5.91 Å². The molecule has 0 unspecified atom stereocenters. The molecule has 1 amide bonds. The first-order valence-electron chi connectivity index (χ1n) is 8.87. The van der Waals surface area contributed by atoms with Gasteiger partial charge < -0.3 is 19.5 Å². The van der Waals surface area contributed by atoms with E-state index in [1.54, 1.807) is 35.0 Å². The third-order valence-electron chi connectivity index (χ3n) is 4.64. The van der Waals surface area contributed by atoms with Crippen LogP contribution < -0.4 is 4.74 Å². The molecule has 27 heavy (non-hydrogen) atoms. The van der Waals surface area contributed by atoms with E-state index >= 15 is 0 Å². The van der Waals surface area contributed by atoms with Crippen LogP contribution in [0.15, 0.2) is 36.7 Å². The molecular formula is C19H23N3O5. The highest BCUT2D eigenvalue weighted by atomic mass is 16.5. The Kier molecular flexibility index (Phi) is 6.08. The van der Waals surface area contributed by atoms with Gasteiger partial charge in [0.15, 0.2) is 0 Å². The molecular weight excluding hydrogens is 350 g/mol. The van der Waals surface area contributed by atoms with Crippen molar-refractivity contribution < 1.29 is 24.2 Å². The molecule has 0 saturated carbocycles. The number of hydrogen-bond donors (Lipinski definition) is 1. The monoisotopic (exact) mass is 373 g/mol. The van der Waals surface area contributed by atoms with Crippen molar-refractivity contribution in [2.24, 2.45) is 0 Å². The molecule has 8 heteroatoms. The maximum absolute atomic E-state index is 12.9. The third-order valence-corrected chi connectivity index (χ3v) is 4.64. The number of likely N-dealkylation sites (tertiary alicyclic amines) is 1. The van der Waals surface area contributed by atoms with Crippen LogP contribution in [0, 0.1) is 0 Å². The lowest BCUT2D eigenvalue weighted by Crippen LogP contribution is -2.39. The number of nitrogens with zero attached hydrogens (tertiary/aromatic N) is 3. The summed E-state index contributed by atoms with van der Waals surface area (Å²) in [7, 11) is 1.60. The van der Waals surface area contributed by atoms with Crippen molar-refractivity contribution in [1.29, 1.82) is 0 Å². The van der Waals surface area contributed by atoms with Crippen LogP contribution in [0.5, 0.6) is 5.75 Å². The largest absolute Gasteiger partial charge is 0.490 e. The van der Waals surface area contributed by atoms with Gasteiger partial charge in [0.1, 0.15) is 12.4 Å². The summed E-state index contributed by atoms with van der Waals surface area (Å²) < 4.78 is 12.3. The topological polar surface area (TPSA) is 93.9 Å². The zero-order chi connectivity index (χ0) is 19.2. The Morgan fingerprint density at radius 1 is 1.22 bits per heavy atom. The zero-order valence-corrected chi connectivity index (χ0v) is 15.2. The summed E-state index contributed by atoms with van der Waals surface area (Å²) in [6, 6.07) is 7.30. The number of hydrogen-bond acceptors (Lipinski definition) is 5. The Hall–Kier alpha value is -2.87. The summed E-state index contributed by atoms with van der Waals surface area (Å²) in [4.78, 5) is 25.7. The number of amides is 1. The van der Waals surface area contributed by atoms with Crippen LogP contribution in [-0.4, -0.2) is 65.1 Å². The van der Waals surface area contributed by atoms with E-state index < -0.39 is 5.97 Å². The predicted octanol–water partition coefficient (Wildman–Crippen LogP) is 2.08. The van der Waals surface area contributed by atoms with E-state index in [0.29, 0.717) is 37.6 Å². The molecule has 2 heterocycles. The second kappa shape index (κ2) is 8.68. The van der Waals surface area contributed by atoms with Crippen LogP contribution in [0.4, 0.5) is 0 Å². The number of piperidine rings is 1. The molecule has 1 saturated heterocycles. The highest BCUT2D eigenvalue weighted by Gasteiger charge is 2.27. The summed E-state index contributed by atoms with van der Waals surface area (Å²) in [5.74, 6) is -0.494. The zero-order valence-electron chi connectivity index (χ0n) is 15.2. The molecule has 1 aromatic carbocycles. The second-order valence-electron chi connectivity index (χ2n) is 6.37. The van der Waals surface area contributed by atoms with E-state index in [9.17, 15) is 9.59 Å². The highest BCUT2D eigenvalue weighted by Crippen LogP contribution is 2.26. The number of para-hydroxylation sites is 1. The van der Waals surface area contributed by atoms with Crippen molar-refractivity contribution in [3.63, 3.8) is 0 Å². The van der Waals surface area contributed by atoms with Crippen LogP contribution in [0.1, 0.15) is 39.6 Å². The number of carboxylic acid groups (broad SMARTS) is 1. The Balaban J connectivity index is 1.62. The van der Waals surface area contributed by atoms with Crippen molar-refractivity contribution in [2.75, 3.05) is 33.4 Å². The van der Waals surface area contributed by atoms with Crippen molar-refractivity contribution in [3.05, 3.63) is 47.8 Å². The van der Waals surface area contributed by atoms with Crippen LogP contribution in [-0.2, 0) is 4.74 Å². The van der Waals surface area contributed by atoms with E-state index in [1.165, 1.54) is 6.20 Å². The van der Waals surface area contributed by atoms with Crippen LogP contribution in [0.2, 0.25) is 0 Å². The molecule has 0 bridgehead atoms. The van der Waals surface area contributed by atoms with Crippen molar-refractivity contribution in [3.8, 4) is 5.75 Å². The SMILES string of the molecule is COCCOc1ccccc1C(=O)N1CCC(n2cc(C(=O)O)cn2)CC1. The van der Waals surface area contributed by atoms with Crippen molar-refractivity contribution in [2.45, 2.75) is 18.9 Å². The molecule has 0 atom stereocenters. The van der Waals surface area contributed by atoms with Gasteiger partial charge in [-0.1, -0.05) is 12.1 Å². The number of benzene rings is 1. The number of methoxy groups -OCH3 is 1. The Morgan fingerprint density at radius 3 is 2.63 bits per heavy atom. The molecule has 144 valence electrons. The molecule has 1 aliphatic rings. The number of carboxylic acids is 1. The third kappa shape index (κ3) is 4.46. The quantitative estimate of drug-likeness (QED) is 0.747. The minimum atomic E-state index is -0.987. The maximum Gasteiger partial charge on any atom is 0.338 e. The highest BCUT2D eigenvalue weighted by molar-refractivity contribution is 5.97. The van der Waals surface area contributed by atoms with Gasteiger partial charge in [0.2, 0.25) is 0 Å². The lowest BCUT2D eigenvalue weighted by atomic mass is 10.0. The number of carbonyl (C=O) groups is 2. The van der Waals surface area contributed by atoms with Gasteiger partial charge in [-0.2, -0.15) is 5.10 Å². The number of ether oxygens (including phenoxy) is 2.